The van der Waals surface area contributed by atoms with E-state index in [0.717, 1.165) is 34.5 Å². The van der Waals surface area contributed by atoms with Crippen molar-refractivity contribution >= 4 is 16.7 Å². The van der Waals surface area contributed by atoms with Crippen molar-refractivity contribution in [3.05, 3.63) is 242 Å². The molecule has 286 valence electrons. The van der Waals surface area contributed by atoms with Crippen LogP contribution in [0.4, 0.5) is 0 Å². The summed E-state index contributed by atoms with van der Waals surface area (Å²) in [5.41, 5.74) is 16.4. The molecule has 0 radical (unpaired) electrons. The van der Waals surface area contributed by atoms with Gasteiger partial charge < -0.3 is 0 Å². The maximum Gasteiger partial charge on any atom is 0.145 e. The van der Waals surface area contributed by atoms with Gasteiger partial charge in [-0.3, -0.25) is 4.57 Å². The molecule has 2 aliphatic carbocycles. The fourth-order valence-corrected chi connectivity index (χ4v) is 8.84. The Labute approximate surface area is 345 Å². The fraction of sp³-hybridized carbons (Fsp3) is 0.125. The molecule has 1 unspecified atom stereocenters. The molecule has 2 heteroatoms. The molecule has 9 rings (SSSR count). The third-order valence-corrected chi connectivity index (χ3v) is 11.4. The Hall–Kier alpha value is -6.77. The van der Waals surface area contributed by atoms with Crippen molar-refractivity contribution in [3.63, 3.8) is 0 Å². The Kier molecular flexibility index (Phi) is 11.4. The first-order valence-corrected chi connectivity index (χ1v) is 20.1. The molecule has 1 aromatic heterocycles. The van der Waals surface area contributed by atoms with Gasteiger partial charge in [-0.2, -0.15) is 0 Å². The Balaban J connectivity index is 0.000000682. The van der Waals surface area contributed by atoms with Crippen LogP contribution < -0.4 is 0 Å². The van der Waals surface area contributed by atoms with Gasteiger partial charge in [0.1, 0.15) is 5.82 Å². The quantitative estimate of drug-likeness (QED) is 0.112. The molecule has 7 aromatic rings. The van der Waals surface area contributed by atoms with Gasteiger partial charge in [0.2, 0.25) is 0 Å². The van der Waals surface area contributed by atoms with Crippen molar-refractivity contribution in [1.82, 2.24) is 9.55 Å². The molecule has 2 aliphatic rings. The summed E-state index contributed by atoms with van der Waals surface area (Å²) in [6, 6.07) is 51.6. The summed E-state index contributed by atoms with van der Waals surface area (Å²) in [4.78, 5) is 5.26. The second-order valence-electron chi connectivity index (χ2n) is 15.2. The highest BCUT2D eigenvalue weighted by atomic mass is 15.1. The molecule has 2 nitrogen and oxygen atoms in total. The van der Waals surface area contributed by atoms with Crippen molar-refractivity contribution < 1.29 is 0 Å². The standard InChI is InChI=1S/C49H40N2.C4H6.C3H6/c1-5-6-7-9-18-33(2)51-46-26-17-16-25-45(46)50-47(51)34-27-29-40-38-22-13-15-24-42(38)49(44(40)31-34,35-19-10-8-11-20-35)36-28-30-39-37-21-12-14-23-41(37)48(3,4)43(39)32-36;1-3-4-2;1-3-2/h5-6,8-32H,2,7H2,1,3-4H3;3-4H,1-2H2;3H,1H2,2H3/b6-5-,18-9-;;. The minimum absolute atomic E-state index is 0.117. The molecule has 0 aliphatic heterocycles. The van der Waals surface area contributed by atoms with E-state index in [-0.39, 0.29) is 5.41 Å². The predicted octanol–water partition coefficient (Wildman–Crippen LogP) is 14.9. The van der Waals surface area contributed by atoms with E-state index in [1.807, 2.05) is 13.8 Å². The van der Waals surface area contributed by atoms with Gasteiger partial charge in [-0.05, 0) is 100 Å². The monoisotopic (exact) mass is 752 g/mol. The van der Waals surface area contributed by atoms with Crippen molar-refractivity contribution in [3.8, 4) is 33.6 Å². The number of hydrogen-bond acceptors (Lipinski definition) is 1. The van der Waals surface area contributed by atoms with Gasteiger partial charge in [0.15, 0.2) is 0 Å². The van der Waals surface area contributed by atoms with Crippen LogP contribution in [0.5, 0.6) is 0 Å². The zero-order valence-electron chi connectivity index (χ0n) is 34.3. The topological polar surface area (TPSA) is 17.8 Å². The number of benzene rings is 6. The highest BCUT2D eigenvalue weighted by molar-refractivity contribution is 5.91. The second-order valence-corrected chi connectivity index (χ2v) is 15.2. The summed E-state index contributed by atoms with van der Waals surface area (Å²) in [5.74, 6) is 0.892. The van der Waals surface area contributed by atoms with E-state index in [4.69, 9.17) is 4.98 Å². The second kappa shape index (κ2) is 16.8. The van der Waals surface area contributed by atoms with Gasteiger partial charge in [-0.25, -0.2) is 4.98 Å². The third kappa shape index (κ3) is 6.65. The average Bonchev–Trinajstić information content (AvgIpc) is 3.87. The van der Waals surface area contributed by atoms with E-state index in [1.165, 1.54) is 55.6 Å². The first-order valence-electron chi connectivity index (χ1n) is 20.1. The molecule has 0 bridgehead atoms. The lowest BCUT2D eigenvalue weighted by Crippen LogP contribution is -2.29. The maximum absolute atomic E-state index is 5.26. The Bertz CT molecular complexity index is 2710. The molecular weight excluding hydrogens is 701 g/mol. The van der Waals surface area contributed by atoms with E-state index in [9.17, 15) is 0 Å². The summed E-state index contributed by atoms with van der Waals surface area (Å²) < 4.78 is 2.21. The number of hydrogen-bond donors (Lipinski definition) is 0. The lowest BCUT2D eigenvalue weighted by Gasteiger charge is -2.35. The zero-order valence-corrected chi connectivity index (χ0v) is 34.3. The molecule has 6 aromatic carbocycles. The summed E-state index contributed by atoms with van der Waals surface area (Å²) in [6.07, 6.45) is 14.4. The molecule has 0 saturated carbocycles. The smallest absolute Gasteiger partial charge is 0.145 e. The van der Waals surface area contributed by atoms with Crippen LogP contribution in [0, 0.1) is 0 Å². The summed E-state index contributed by atoms with van der Waals surface area (Å²) >= 11 is 0. The lowest BCUT2D eigenvalue weighted by molar-refractivity contribution is 0.655. The maximum atomic E-state index is 5.26. The van der Waals surface area contributed by atoms with Crippen LogP contribution in [0.2, 0.25) is 0 Å². The minimum atomic E-state index is -0.538. The molecule has 0 N–H and O–H groups in total. The molecule has 1 heterocycles. The number of imidazole rings is 1. The summed E-state index contributed by atoms with van der Waals surface area (Å²) in [7, 11) is 0. The molecule has 0 fully saturated rings. The lowest BCUT2D eigenvalue weighted by atomic mass is 9.66. The van der Waals surface area contributed by atoms with E-state index in [1.54, 1.807) is 18.2 Å². The SMILES string of the molecule is C=C(/C=C\C/C=C\C)n1c(-c2ccc3c(c2)C(c2ccccc2)(c2ccc4c(c2)C(C)(C)c2ccccc2-4)c2ccccc2-3)nc2ccccc21.C=CC.C=CC=C. The Morgan fingerprint density at radius 2 is 1.19 bits per heavy atom. The molecule has 0 amide bonds. The summed E-state index contributed by atoms with van der Waals surface area (Å²) in [5, 5.41) is 0. The fourth-order valence-electron chi connectivity index (χ4n) is 8.84. The van der Waals surface area contributed by atoms with Crippen molar-refractivity contribution in [2.75, 3.05) is 0 Å². The van der Waals surface area contributed by atoms with Crippen LogP contribution in [0.25, 0.3) is 50.4 Å². The number of allylic oxidation sites excluding steroid dienone is 8. The van der Waals surface area contributed by atoms with E-state index in [0.29, 0.717) is 0 Å². The van der Waals surface area contributed by atoms with Crippen LogP contribution >= 0.6 is 0 Å². The molecule has 1 atom stereocenters. The van der Waals surface area contributed by atoms with Gasteiger partial charge in [0.05, 0.1) is 16.4 Å². The van der Waals surface area contributed by atoms with Crippen LogP contribution in [0.15, 0.2) is 208 Å². The minimum Gasteiger partial charge on any atom is -0.293 e. The molecule has 0 spiro atoms. The third-order valence-electron chi connectivity index (χ3n) is 11.4. The number of aromatic nitrogens is 2. The number of nitrogens with zero attached hydrogens (tertiary/aromatic N) is 2. The normalized spacial score (nSPS) is 15.3. The van der Waals surface area contributed by atoms with Crippen LogP contribution in [0.3, 0.4) is 0 Å². The molecular formula is C56H52N2. The van der Waals surface area contributed by atoms with Gasteiger partial charge in [-0.15, -0.1) is 6.58 Å². The molecule has 0 saturated heterocycles. The zero-order chi connectivity index (χ0) is 40.9. The average molecular weight is 753 g/mol. The van der Waals surface area contributed by atoms with Crippen LogP contribution in [0.1, 0.15) is 67.5 Å². The highest BCUT2D eigenvalue weighted by Gasteiger charge is 2.47. The first kappa shape index (κ1) is 39.5. The number of fused-ring (bicyclic) bond motifs is 7. The van der Waals surface area contributed by atoms with Crippen molar-refractivity contribution in [2.24, 2.45) is 0 Å². The van der Waals surface area contributed by atoms with Gasteiger partial charge >= 0.3 is 0 Å². The van der Waals surface area contributed by atoms with E-state index in [2.05, 4.69) is 209 Å². The van der Waals surface area contributed by atoms with E-state index < -0.39 is 5.41 Å². The first-order chi connectivity index (χ1) is 28.3. The van der Waals surface area contributed by atoms with Crippen LogP contribution in [-0.4, -0.2) is 9.55 Å². The van der Waals surface area contributed by atoms with E-state index >= 15 is 0 Å². The van der Waals surface area contributed by atoms with Gasteiger partial charge in [0, 0.05) is 16.7 Å². The van der Waals surface area contributed by atoms with Crippen molar-refractivity contribution in [2.45, 2.75) is 44.9 Å². The Morgan fingerprint density at radius 3 is 1.90 bits per heavy atom. The molecule has 58 heavy (non-hydrogen) atoms. The van der Waals surface area contributed by atoms with Crippen molar-refractivity contribution in [1.29, 1.82) is 0 Å². The largest absolute Gasteiger partial charge is 0.293 e. The number of rotatable bonds is 8. The highest BCUT2D eigenvalue weighted by Crippen LogP contribution is 2.58. The number of para-hydroxylation sites is 2. The Morgan fingerprint density at radius 1 is 0.603 bits per heavy atom. The van der Waals surface area contributed by atoms with Crippen LogP contribution in [-0.2, 0) is 10.8 Å². The van der Waals surface area contributed by atoms with Gasteiger partial charge in [0.25, 0.3) is 0 Å². The van der Waals surface area contributed by atoms with Gasteiger partial charge in [-0.1, -0.05) is 191 Å². The summed E-state index contributed by atoms with van der Waals surface area (Å²) in [6.45, 7) is 23.3. The predicted molar refractivity (Wildman–Crippen MR) is 250 cm³/mol.